The molecule has 1 aromatic rings. The Kier molecular flexibility index (Phi) is 5.51. The zero-order valence-corrected chi connectivity index (χ0v) is 13.1. The molecule has 110 valence electrons. The van der Waals surface area contributed by atoms with Gasteiger partial charge in [-0.1, -0.05) is 0 Å². The minimum absolute atomic E-state index is 0.231. The van der Waals surface area contributed by atoms with Crippen LogP contribution >= 0.6 is 15.9 Å². The van der Waals surface area contributed by atoms with Gasteiger partial charge in [0.1, 0.15) is 5.82 Å². The van der Waals surface area contributed by atoms with Crippen LogP contribution in [0.3, 0.4) is 0 Å². The molecule has 1 saturated heterocycles. The van der Waals surface area contributed by atoms with Gasteiger partial charge in [0, 0.05) is 44.8 Å². The van der Waals surface area contributed by atoms with Gasteiger partial charge in [0.15, 0.2) is 0 Å². The van der Waals surface area contributed by atoms with Gasteiger partial charge in [0.25, 0.3) is 5.91 Å². The third kappa shape index (κ3) is 4.26. The first kappa shape index (κ1) is 15.4. The topological polar surface area (TPSA) is 35.6 Å². The van der Waals surface area contributed by atoms with E-state index in [-0.39, 0.29) is 5.91 Å². The fraction of sp³-hybridized carbons (Fsp3) is 0.500. The highest BCUT2D eigenvalue weighted by atomic mass is 79.9. The van der Waals surface area contributed by atoms with Crippen molar-refractivity contribution in [3.8, 4) is 0 Å². The predicted octanol–water partition coefficient (Wildman–Crippen LogP) is 1.57. The molecule has 0 bridgehead atoms. The van der Waals surface area contributed by atoms with Crippen molar-refractivity contribution in [2.75, 3.05) is 46.3 Å². The number of halogens is 2. The molecule has 1 aliphatic heterocycles. The number of likely N-dealkylation sites (N-methyl/N-ethyl adjacent to an activating group) is 1. The number of hydrogen-bond donors (Lipinski definition) is 1. The van der Waals surface area contributed by atoms with Crippen LogP contribution in [-0.4, -0.2) is 62.0 Å². The minimum Gasteiger partial charge on any atom is -0.351 e. The molecule has 0 unspecified atom stereocenters. The van der Waals surface area contributed by atoms with E-state index in [1.807, 2.05) is 0 Å². The molecule has 1 aliphatic rings. The molecular weight excluding hydrogens is 325 g/mol. The van der Waals surface area contributed by atoms with Gasteiger partial charge < -0.3 is 10.2 Å². The standard InChI is InChI=1S/C14H19BrFN3O/c1-18-6-8-19(9-7-18)5-4-17-14(20)11-2-3-12(15)13(16)10-11/h2-3,10H,4-9H2,1H3,(H,17,20). The number of nitrogens with one attached hydrogen (secondary N) is 1. The van der Waals surface area contributed by atoms with Gasteiger partial charge in [-0.3, -0.25) is 9.69 Å². The highest BCUT2D eigenvalue weighted by Gasteiger charge is 2.14. The van der Waals surface area contributed by atoms with E-state index in [9.17, 15) is 9.18 Å². The van der Waals surface area contributed by atoms with Crippen LogP contribution in [0.1, 0.15) is 10.4 Å². The smallest absolute Gasteiger partial charge is 0.251 e. The largest absolute Gasteiger partial charge is 0.351 e. The molecule has 20 heavy (non-hydrogen) atoms. The van der Waals surface area contributed by atoms with Gasteiger partial charge in [0.05, 0.1) is 4.47 Å². The van der Waals surface area contributed by atoms with Gasteiger partial charge in [-0.05, 0) is 41.2 Å². The van der Waals surface area contributed by atoms with Crippen molar-refractivity contribution in [2.24, 2.45) is 0 Å². The van der Waals surface area contributed by atoms with Crippen LogP contribution in [0.5, 0.6) is 0 Å². The molecule has 1 N–H and O–H groups in total. The summed E-state index contributed by atoms with van der Waals surface area (Å²) in [5, 5.41) is 2.83. The van der Waals surface area contributed by atoms with Gasteiger partial charge in [-0.15, -0.1) is 0 Å². The van der Waals surface area contributed by atoms with Gasteiger partial charge >= 0.3 is 0 Å². The second-order valence-electron chi connectivity index (χ2n) is 5.03. The van der Waals surface area contributed by atoms with E-state index in [1.165, 1.54) is 6.07 Å². The van der Waals surface area contributed by atoms with Crippen molar-refractivity contribution in [3.05, 3.63) is 34.1 Å². The first-order valence-corrected chi connectivity index (χ1v) is 7.50. The van der Waals surface area contributed by atoms with Gasteiger partial charge in [0.2, 0.25) is 0 Å². The van der Waals surface area contributed by atoms with Gasteiger partial charge in [-0.25, -0.2) is 4.39 Å². The Morgan fingerprint density at radius 1 is 1.35 bits per heavy atom. The lowest BCUT2D eigenvalue weighted by Gasteiger charge is -2.32. The molecule has 6 heteroatoms. The summed E-state index contributed by atoms with van der Waals surface area (Å²) >= 11 is 3.07. The summed E-state index contributed by atoms with van der Waals surface area (Å²) in [6.07, 6.45) is 0. The van der Waals surface area contributed by atoms with E-state index in [4.69, 9.17) is 0 Å². The second-order valence-corrected chi connectivity index (χ2v) is 5.88. The predicted molar refractivity (Wildman–Crippen MR) is 80.4 cm³/mol. The summed E-state index contributed by atoms with van der Waals surface area (Å²) in [6.45, 7) is 5.59. The molecule has 1 heterocycles. The molecule has 1 amide bonds. The molecule has 0 radical (unpaired) electrons. The van der Waals surface area contributed by atoms with Crippen LogP contribution < -0.4 is 5.32 Å². The van der Waals surface area contributed by atoms with Crippen LogP contribution in [0.2, 0.25) is 0 Å². The Labute approximate surface area is 127 Å². The molecular formula is C14H19BrFN3O. The zero-order valence-electron chi connectivity index (χ0n) is 11.5. The molecule has 0 spiro atoms. The Morgan fingerprint density at radius 2 is 2.05 bits per heavy atom. The van der Waals surface area contributed by atoms with Crippen LogP contribution in [0, 0.1) is 5.82 Å². The van der Waals surface area contributed by atoms with E-state index in [2.05, 4.69) is 38.1 Å². The SMILES string of the molecule is CN1CCN(CCNC(=O)c2ccc(Br)c(F)c2)CC1. The first-order valence-electron chi connectivity index (χ1n) is 6.70. The fourth-order valence-electron chi connectivity index (χ4n) is 2.14. The van der Waals surface area contributed by atoms with Crippen molar-refractivity contribution >= 4 is 21.8 Å². The number of amides is 1. The fourth-order valence-corrected chi connectivity index (χ4v) is 2.39. The number of rotatable bonds is 4. The molecule has 0 aromatic heterocycles. The summed E-state index contributed by atoms with van der Waals surface area (Å²) in [5.74, 6) is -0.651. The maximum Gasteiger partial charge on any atom is 0.251 e. The lowest BCUT2D eigenvalue weighted by Crippen LogP contribution is -2.46. The summed E-state index contributed by atoms with van der Waals surface area (Å²) in [4.78, 5) is 16.5. The Balaban J connectivity index is 1.76. The number of piperazine rings is 1. The number of benzene rings is 1. The third-order valence-corrected chi connectivity index (χ3v) is 4.13. The average Bonchev–Trinajstić information content (AvgIpc) is 2.44. The zero-order chi connectivity index (χ0) is 14.5. The lowest BCUT2D eigenvalue weighted by atomic mass is 10.2. The summed E-state index contributed by atoms with van der Waals surface area (Å²) in [7, 11) is 2.11. The number of nitrogens with zero attached hydrogens (tertiary/aromatic N) is 2. The van der Waals surface area contributed by atoms with E-state index >= 15 is 0 Å². The average molecular weight is 344 g/mol. The van der Waals surface area contributed by atoms with E-state index < -0.39 is 5.82 Å². The van der Waals surface area contributed by atoms with Crippen molar-refractivity contribution in [1.82, 2.24) is 15.1 Å². The number of carbonyl (C=O) groups is 1. The monoisotopic (exact) mass is 343 g/mol. The molecule has 0 saturated carbocycles. The highest BCUT2D eigenvalue weighted by molar-refractivity contribution is 9.10. The first-order chi connectivity index (χ1) is 9.56. The molecule has 2 rings (SSSR count). The van der Waals surface area contributed by atoms with Crippen molar-refractivity contribution in [3.63, 3.8) is 0 Å². The quantitative estimate of drug-likeness (QED) is 0.901. The molecule has 1 fully saturated rings. The Hall–Kier alpha value is -0.980. The molecule has 4 nitrogen and oxygen atoms in total. The van der Waals surface area contributed by atoms with Crippen LogP contribution in [0.25, 0.3) is 0 Å². The van der Waals surface area contributed by atoms with Crippen molar-refractivity contribution in [2.45, 2.75) is 0 Å². The highest BCUT2D eigenvalue weighted by Crippen LogP contribution is 2.16. The third-order valence-electron chi connectivity index (χ3n) is 3.49. The molecule has 1 aromatic carbocycles. The summed E-state index contributed by atoms with van der Waals surface area (Å²) in [5.41, 5.74) is 0.351. The van der Waals surface area contributed by atoms with E-state index in [1.54, 1.807) is 12.1 Å². The number of carbonyl (C=O) groups excluding carboxylic acids is 1. The van der Waals surface area contributed by atoms with Crippen LogP contribution in [0.4, 0.5) is 4.39 Å². The van der Waals surface area contributed by atoms with Crippen LogP contribution in [-0.2, 0) is 0 Å². The van der Waals surface area contributed by atoms with E-state index in [0.717, 1.165) is 32.7 Å². The summed E-state index contributed by atoms with van der Waals surface area (Å²) < 4.78 is 13.7. The Bertz CT molecular complexity index is 475. The Morgan fingerprint density at radius 3 is 2.70 bits per heavy atom. The summed E-state index contributed by atoms with van der Waals surface area (Å²) in [6, 6.07) is 4.40. The van der Waals surface area contributed by atoms with E-state index in [0.29, 0.717) is 16.6 Å². The minimum atomic E-state index is -0.420. The van der Waals surface area contributed by atoms with Crippen molar-refractivity contribution in [1.29, 1.82) is 0 Å². The van der Waals surface area contributed by atoms with Crippen LogP contribution in [0.15, 0.2) is 22.7 Å². The lowest BCUT2D eigenvalue weighted by molar-refractivity contribution is 0.0940. The normalized spacial score (nSPS) is 17.1. The van der Waals surface area contributed by atoms with Gasteiger partial charge in [-0.2, -0.15) is 0 Å². The maximum absolute atomic E-state index is 13.3. The second kappa shape index (κ2) is 7.15. The molecule has 0 aliphatic carbocycles. The number of hydrogen-bond acceptors (Lipinski definition) is 3. The molecule has 0 atom stereocenters. The maximum atomic E-state index is 13.3. The van der Waals surface area contributed by atoms with Crippen molar-refractivity contribution < 1.29 is 9.18 Å².